The highest BCUT2D eigenvalue weighted by Crippen LogP contribution is 2.17. The normalized spacial score (nSPS) is 17.3. The van der Waals surface area contributed by atoms with Crippen LogP contribution in [-0.4, -0.2) is 72.4 Å². The van der Waals surface area contributed by atoms with E-state index in [-0.39, 0.29) is 11.0 Å². The summed E-state index contributed by atoms with van der Waals surface area (Å²) in [6.45, 7) is -0.779. The lowest BCUT2D eigenvalue weighted by Crippen LogP contribution is -2.60. The number of carboxylic acid groups (broad SMARTS) is 1. The van der Waals surface area contributed by atoms with Crippen LogP contribution in [0.2, 0.25) is 0 Å². The fourth-order valence-corrected chi connectivity index (χ4v) is 1.67. The molecule has 17 heavy (non-hydrogen) atoms. The molecule has 0 fully saturated rings. The lowest BCUT2D eigenvalue weighted by atomic mass is 9.89. The Morgan fingerprint density at radius 2 is 1.88 bits per heavy atom. The summed E-state index contributed by atoms with van der Waals surface area (Å²) in [6, 6.07) is -1.30. The van der Waals surface area contributed by atoms with Crippen LogP contribution in [-0.2, 0) is 9.59 Å². The molecule has 0 radical (unpaired) electrons. The summed E-state index contributed by atoms with van der Waals surface area (Å²) < 4.78 is 0.174. The van der Waals surface area contributed by atoms with E-state index >= 15 is 0 Å². The minimum atomic E-state index is -2.13. The summed E-state index contributed by atoms with van der Waals surface area (Å²) in [5, 5.41) is 29.5. The predicted molar refractivity (Wildman–Crippen MR) is 57.5 cm³/mol. The lowest BCUT2D eigenvalue weighted by molar-refractivity contribution is -0.875. The van der Waals surface area contributed by atoms with E-state index in [1.807, 2.05) is 0 Å². The number of Topliss-reactive ketones (excluding diaryl/α,β-unsaturated/α-hetero) is 1. The second-order valence-electron chi connectivity index (χ2n) is 5.18. The third-order valence-electron chi connectivity index (χ3n) is 2.16. The van der Waals surface area contributed by atoms with Gasteiger partial charge in [0.25, 0.3) is 0 Å². The van der Waals surface area contributed by atoms with Crippen LogP contribution >= 0.6 is 0 Å². The Kier molecular flexibility index (Phi) is 5.21. The number of ketones is 1. The largest absolute Gasteiger partial charge is 0.550 e. The first-order chi connectivity index (χ1) is 7.52. The average Bonchev–Trinajstić information content (AvgIpc) is 2.10. The Morgan fingerprint density at radius 3 is 2.18 bits per heavy atom. The van der Waals surface area contributed by atoms with Gasteiger partial charge in [-0.05, 0) is 0 Å². The molecule has 0 aliphatic rings. The fraction of sp³-hybridized carbons (Fsp3) is 0.800. The van der Waals surface area contributed by atoms with Crippen LogP contribution < -0.4 is 10.8 Å². The zero-order valence-corrected chi connectivity index (χ0v) is 10.3. The number of aliphatic hydroxyl groups is 2. The number of carboxylic acids is 1. The Balaban J connectivity index is 5.09. The molecule has 2 atom stereocenters. The van der Waals surface area contributed by atoms with Gasteiger partial charge in [0.05, 0.1) is 33.8 Å². The van der Waals surface area contributed by atoms with Gasteiger partial charge in [-0.2, -0.15) is 0 Å². The van der Waals surface area contributed by atoms with Crippen molar-refractivity contribution in [1.29, 1.82) is 0 Å². The Morgan fingerprint density at radius 1 is 1.41 bits per heavy atom. The van der Waals surface area contributed by atoms with Gasteiger partial charge in [-0.1, -0.05) is 0 Å². The molecule has 7 nitrogen and oxygen atoms in total. The highest BCUT2D eigenvalue weighted by atomic mass is 16.4. The summed E-state index contributed by atoms with van der Waals surface area (Å²) >= 11 is 0. The lowest BCUT2D eigenvalue weighted by Gasteiger charge is -2.35. The molecule has 0 rings (SSSR count). The van der Waals surface area contributed by atoms with Gasteiger partial charge < -0.3 is 30.3 Å². The number of nitrogens with two attached hydrogens (primary N) is 1. The van der Waals surface area contributed by atoms with Crippen molar-refractivity contribution in [3.8, 4) is 0 Å². The minimum Gasteiger partial charge on any atom is -0.550 e. The minimum absolute atomic E-state index is 0.131. The molecule has 4 N–H and O–H groups in total. The molecular formula is C10H20N2O5. The van der Waals surface area contributed by atoms with Crippen LogP contribution in [0.3, 0.4) is 0 Å². The molecule has 0 aromatic carbocycles. The van der Waals surface area contributed by atoms with Crippen LogP contribution in [0, 0.1) is 0 Å². The standard InChI is InChI=1S/C10H20N2O5/c1-12(2,3)6-10(17,4-8(14)15)9(16)7(11)5-13/h7,13,17H,4-6,11H2,1-3H3/t7-,10?/m0/s1. The Labute approximate surface area is 100 Å². The van der Waals surface area contributed by atoms with Gasteiger partial charge in [-0.25, -0.2) is 0 Å². The first-order valence-electron chi connectivity index (χ1n) is 5.15. The zero-order valence-electron chi connectivity index (χ0n) is 10.3. The van der Waals surface area contributed by atoms with E-state index in [1.165, 1.54) is 0 Å². The molecule has 0 heterocycles. The van der Waals surface area contributed by atoms with Gasteiger partial charge in [-0.15, -0.1) is 0 Å². The Hall–Kier alpha value is -1.02. The fourth-order valence-electron chi connectivity index (χ4n) is 1.67. The van der Waals surface area contributed by atoms with Crippen molar-refractivity contribution in [3.63, 3.8) is 0 Å². The van der Waals surface area contributed by atoms with Gasteiger partial charge in [0, 0.05) is 12.4 Å². The number of likely N-dealkylation sites (N-methyl/N-ethyl adjacent to an activating group) is 1. The van der Waals surface area contributed by atoms with Gasteiger partial charge in [0.1, 0.15) is 6.54 Å². The van der Waals surface area contributed by atoms with Crippen LogP contribution in [0.1, 0.15) is 6.42 Å². The number of carbonyl (C=O) groups is 2. The van der Waals surface area contributed by atoms with Crippen molar-refractivity contribution in [2.75, 3.05) is 34.3 Å². The van der Waals surface area contributed by atoms with Crippen molar-refractivity contribution in [3.05, 3.63) is 0 Å². The third kappa shape index (κ3) is 5.22. The second-order valence-corrected chi connectivity index (χ2v) is 5.18. The third-order valence-corrected chi connectivity index (χ3v) is 2.16. The summed E-state index contributed by atoms with van der Waals surface area (Å²) in [5.74, 6) is -2.43. The number of carbonyl (C=O) groups excluding carboxylic acids is 2. The maximum atomic E-state index is 11.8. The number of aliphatic carboxylic acids is 1. The zero-order chi connectivity index (χ0) is 13.9. The summed E-state index contributed by atoms with van der Waals surface area (Å²) in [5.41, 5.74) is 3.19. The SMILES string of the molecule is C[N+](C)(C)CC(O)(CC(=O)[O-])C(=O)[C@@H](N)CO. The molecule has 0 aliphatic heterocycles. The van der Waals surface area contributed by atoms with Gasteiger partial charge in [0.15, 0.2) is 11.4 Å². The van der Waals surface area contributed by atoms with E-state index in [1.54, 1.807) is 21.1 Å². The molecule has 7 heteroatoms. The van der Waals surface area contributed by atoms with Crippen molar-refractivity contribution < 1.29 is 29.4 Å². The quantitative estimate of drug-likeness (QED) is 0.401. The molecule has 0 aromatic heterocycles. The van der Waals surface area contributed by atoms with E-state index in [0.29, 0.717) is 0 Å². The van der Waals surface area contributed by atoms with Gasteiger partial charge in [0.2, 0.25) is 0 Å². The number of nitrogens with zero attached hydrogens (tertiary/aromatic N) is 1. The molecule has 0 aliphatic carbocycles. The molecule has 0 aromatic rings. The van der Waals surface area contributed by atoms with Crippen molar-refractivity contribution in [2.24, 2.45) is 5.73 Å². The number of hydrogen-bond donors (Lipinski definition) is 3. The first kappa shape index (κ1) is 16.0. The van der Waals surface area contributed by atoms with E-state index in [9.17, 15) is 19.8 Å². The van der Waals surface area contributed by atoms with Crippen molar-refractivity contribution >= 4 is 11.8 Å². The van der Waals surface area contributed by atoms with Crippen molar-refractivity contribution in [1.82, 2.24) is 0 Å². The maximum Gasteiger partial charge on any atom is 0.189 e. The molecule has 0 spiro atoms. The summed E-state index contributed by atoms with van der Waals surface area (Å²) in [7, 11) is 5.08. The molecule has 0 amide bonds. The topological polar surface area (TPSA) is 124 Å². The predicted octanol–water partition coefficient (Wildman–Crippen LogP) is -3.55. The van der Waals surface area contributed by atoms with Gasteiger partial charge >= 0.3 is 0 Å². The number of aliphatic hydroxyl groups excluding tert-OH is 1. The molecule has 0 saturated heterocycles. The molecular weight excluding hydrogens is 228 g/mol. The highest BCUT2D eigenvalue weighted by Gasteiger charge is 2.43. The van der Waals surface area contributed by atoms with E-state index in [4.69, 9.17) is 10.8 Å². The van der Waals surface area contributed by atoms with Gasteiger partial charge in [-0.3, -0.25) is 4.79 Å². The van der Waals surface area contributed by atoms with E-state index in [0.717, 1.165) is 0 Å². The van der Waals surface area contributed by atoms with Crippen LogP contribution in [0.4, 0.5) is 0 Å². The Bertz CT molecular complexity index is 300. The molecule has 0 saturated carbocycles. The number of hydrogen-bond acceptors (Lipinski definition) is 6. The number of rotatable bonds is 7. The molecule has 0 bridgehead atoms. The summed E-state index contributed by atoms with van der Waals surface area (Å²) in [4.78, 5) is 22.4. The maximum absolute atomic E-state index is 11.8. The summed E-state index contributed by atoms with van der Waals surface area (Å²) in [6.07, 6.45) is -0.838. The smallest absolute Gasteiger partial charge is 0.189 e. The second kappa shape index (κ2) is 5.54. The molecule has 1 unspecified atom stereocenters. The monoisotopic (exact) mass is 248 g/mol. The highest BCUT2D eigenvalue weighted by molar-refractivity contribution is 5.94. The first-order valence-corrected chi connectivity index (χ1v) is 5.15. The van der Waals surface area contributed by atoms with Crippen LogP contribution in [0.5, 0.6) is 0 Å². The van der Waals surface area contributed by atoms with Crippen LogP contribution in [0.15, 0.2) is 0 Å². The molecule has 100 valence electrons. The van der Waals surface area contributed by atoms with E-state index in [2.05, 4.69) is 0 Å². The van der Waals surface area contributed by atoms with E-state index < -0.39 is 36.4 Å². The van der Waals surface area contributed by atoms with Crippen LogP contribution in [0.25, 0.3) is 0 Å². The van der Waals surface area contributed by atoms with Crippen molar-refractivity contribution in [2.45, 2.75) is 18.1 Å². The average molecular weight is 248 g/mol. The number of quaternary nitrogens is 1.